The summed E-state index contributed by atoms with van der Waals surface area (Å²) >= 11 is 0. The third-order valence-corrected chi connectivity index (χ3v) is 6.76. The van der Waals surface area contributed by atoms with Gasteiger partial charge in [-0.3, -0.25) is 0 Å². The van der Waals surface area contributed by atoms with Crippen LogP contribution in [-0.4, -0.2) is 39.0 Å². The summed E-state index contributed by atoms with van der Waals surface area (Å²) in [5, 5.41) is 11.4. The van der Waals surface area contributed by atoms with Crippen molar-refractivity contribution >= 4 is 9.84 Å². The van der Waals surface area contributed by atoms with E-state index in [4.69, 9.17) is 10.5 Å². The van der Waals surface area contributed by atoms with E-state index in [9.17, 15) is 13.5 Å². The number of rotatable bonds is 2. The highest BCUT2D eigenvalue weighted by Crippen LogP contribution is 2.51. The molecule has 116 valence electrons. The summed E-state index contributed by atoms with van der Waals surface area (Å²) < 4.78 is 30.1. The second-order valence-electron chi connectivity index (χ2n) is 6.07. The summed E-state index contributed by atoms with van der Waals surface area (Å²) in [6.45, 7) is 1.31. The first-order valence-corrected chi connectivity index (χ1v) is 8.93. The highest BCUT2D eigenvalue weighted by Gasteiger charge is 2.55. The van der Waals surface area contributed by atoms with Crippen LogP contribution in [0.2, 0.25) is 0 Å². The van der Waals surface area contributed by atoms with E-state index in [0.29, 0.717) is 18.8 Å². The molecule has 1 fully saturated rings. The van der Waals surface area contributed by atoms with Gasteiger partial charge in [0.2, 0.25) is 0 Å². The molecule has 0 spiro atoms. The fraction of sp³-hybridized carbons (Fsp3) is 0.600. The fourth-order valence-electron chi connectivity index (χ4n) is 3.67. The molecule has 0 aromatic heterocycles. The third-order valence-electron chi connectivity index (χ3n) is 4.99. The van der Waals surface area contributed by atoms with Crippen molar-refractivity contribution in [2.45, 2.75) is 29.8 Å². The van der Waals surface area contributed by atoms with Gasteiger partial charge >= 0.3 is 0 Å². The summed E-state index contributed by atoms with van der Waals surface area (Å²) in [4.78, 5) is 0.233. The lowest BCUT2D eigenvalue weighted by Gasteiger charge is -2.51. The SMILES string of the molecule is NCC1(C2(O)CCS(=O)(=O)c3ccccc32)CCCOC1. The van der Waals surface area contributed by atoms with Crippen LogP contribution in [-0.2, 0) is 20.2 Å². The Balaban J connectivity index is 2.17. The quantitative estimate of drug-likeness (QED) is 0.843. The number of aliphatic hydroxyl groups is 1. The van der Waals surface area contributed by atoms with Gasteiger partial charge in [-0.05, 0) is 25.3 Å². The number of benzene rings is 1. The Morgan fingerprint density at radius 3 is 2.71 bits per heavy atom. The smallest absolute Gasteiger partial charge is 0.178 e. The number of hydrogen-bond acceptors (Lipinski definition) is 5. The normalized spacial score (nSPS) is 35.1. The lowest BCUT2D eigenvalue weighted by Crippen LogP contribution is -2.57. The second-order valence-corrected chi connectivity index (χ2v) is 8.14. The first kappa shape index (κ1) is 15.0. The molecule has 2 atom stereocenters. The molecule has 2 unspecified atom stereocenters. The van der Waals surface area contributed by atoms with Crippen molar-refractivity contribution in [2.24, 2.45) is 11.1 Å². The van der Waals surface area contributed by atoms with E-state index in [1.54, 1.807) is 24.3 Å². The molecule has 3 rings (SSSR count). The van der Waals surface area contributed by atoms with Crippen LogP contribution in [0.25, 0.3) is 0 Å². The summed E-state index contributed by atoms with van der Waals surface area (Å²) in [6.07, 6.45) is 1.75. The molecule has 1 aromatic carbocycles. The fourth-order valence-corrected chi connectivity index (χ4v) is 5.31. The third kappa shape index (κ3) is 2.12. The minimum Gasteiger partial charge on any atom is -0.384 e. The van der Waals surface area contributed by atoms with E-state index in [-0.39, 0.29) is 23.6 Å². The molecular weight excluding hydrogens is 290 g/mol. The molecule has 0 aliphatic carbocycles. The van der Waals surface area contributed by atoms with Gasteiger partial charge in [-0.25, -0.2) is 8.42 Å². The molecule has 21 heavy (non-hydrogen) atoms. The van der Waals surface area contributed by atoms with E-state index in [2.05, 4.69) is 0 Å². The van der Waals surface area contributed by atoms with Crippen LogP contribution < -0.4 is 5.73 Å². The number of sulfone groups is 1. The predicted octanol–water partition coefficient (Wildman–Crippen LogP) is 0.807. The molecular formula is C15H21NO4S. The molecule has 5 nitrogen and oxygen atoms in total. The van der Waals surface area contributed by atoms with Crippen LogP contribution >= 0.6 is 0 Å². The van der Waals surface area contributed by atoms with Crippen molar-refractivity contribution in [2.75, 3.05) is 25.5 Å². The van der Waals surface area contributed by atoms with Crippen molar-refractivity contribution in [1.29, 1.82) is 0 Å². The largest absolute Gasteiger partial charge is 0.384 e. The Morgan fingerprint density at radius 2 is 2.05 bits per heavy atom. The van der Waals surface area contributed by atoms with E-state index in [1.165, 1.54) is 0 Å². The van der Waals surface area contributed by atoms with Crippen LogP contribution in [0.1, 0.15) is 24.8 Å². The number of nitrogens with two attached hydrogens (primary N) is 1. The number of fused-ring (bicyclic) bond motifs is 1. The first-order chi connectivity index (χ1) is 9.95. The molecule has 2 aliphatic rings. The van der Waals surface area contributed by atoms with Gasteiger partial charge in [-0.15, -0.1) is 0 Å². The monoisotopic (exact) mass is 311 g/mol. The average molecular weight is 311 g/mol. The maximum absolute atomic E-state index is 12.3. The maximum atomic E-state index is 12.3. The van der Waals surface area contributed by atoms with Gasteiger partial charge in [-0.2, -0.15) is 0 Å². The number of ether oxygens (including phenoxy) is 1. The van der Waals surface area contributed by atoms with Gasteiger partial charge in [0.05, 0.1) is 17.3 Å². The van der Waals surface area contributed by atoms with Gasteiger partial charge in [0.1, 0.15) is 5.60 Å². The molecule has 0 bridgehead atoms. The van der Waals surface area contributed by atoms with Crippen molar-refractivity contribution in [3.8, 4) is 0 Å². The van der Waals surface area contributed by atoms with Crippen molar-refractivity contribution in [1.82, 2.24) is 0 Å². The summed E-state index contributed by atoms with van der Waals surface area (Å²) in [5.41, 5.74) is 4.61. The minimum atomic E-state index is -3.33. The lowest BCUT2D eigenvalue weighted by molar-refractivity contribution is -0.153. The average Bonchev–Trinajstić information content (AvgIpc) is 2.52. The molecule has 3 N–H and O–H groups in total. The molecule has 2 aliphatic heterocycles. The van der Waals surface area contributed by atoms with Crippen LogP contribution in [0, 0.1) is 5.41 Å². The Labute approximate surface area is 125 Å². The highest BCUT2D eigenvalue weighted by atomic mass is 32.2. The predicted molar refractivity (Wildman–Crippen MR) is 78.5 cm³/mol. The zero-order valence-corrected chi connectivity index (χ0v) is 12.7. The second kappa shape index (κ2) is 5.05. The molecule has 0 saturated carbocycles. The molecule has 0 radical (unpaired) electrons. The molecule has 6 heteroatoms. The zero-order valence-electron chi connectivity index (χ0n) is 11.9. The number of hydrogen-bond donors (Lipinski definition) is 2. The van der Waals surface area contributed by atoms with Gasteiger partial charge in [0.15, 0.2) is 9.84 Å². The van der Waals surface area contributed by atoms with Crippen molar-refractivity contribution < 1.29 is 18.3 Å². The maximum Gasteiger partial charge on any atom is 0.178 e. The van der Waals surface area contributed by atoms with E-state index < -0.39 is 20.9 Å². The summed E-state index contributed by atoms with van der Waals surface area (Å²) in [6, 6.07) is 6.73. The molecule has 0 amide bonds. The van der Waals surface area contributed by atoms with Crippen LogP contribution in [0.4, 0.5) is 0 Å². The first-order valence-electron chi connectivity index (χ1n) is 7.28. The molecule has 1 aromatic rings. The zero-order chi connectivity index (χ0) is 15.1. The van der Waals surface area contributed by atoms with Crippen molar-refractivity contribution in [3.05, 3.63) is 29.8 Å². The Hall–Kier alpha value is -0.950. The van der Waals surface area contributed by atoms with E-state index in [0.717, 1.165) is 12.8 Å². The van der Waals surface area contributed by atoms with Gasteiger partial charge in [-0.1, -0.05) is 18.2 Å². The molecule has 2 heterocycles. The summed E-state index contributed by atoms with van der Waals surface area (Å²) in [5.74, 6) is -0.0533. The minimum absolute atomic E-state index is 0.0533. The summed E-state index contributed by atoms with van der Waals surface area (Å²) in [7, 11) is -3.33. The van der Waals surface area contributed by atoms with Gasteiger partial charge in [0, 0.05) is 24.1 Å². The molecule has 1 saturated heterocycles. The van der Waals surface area contributed by atoms with Crippen LogP contribution in [0.15, 0.2) is 29.2 Å². The lowest BCUT2D eigenvalue weighted by atomic mass is 9.64. The van der Waals surface area contributed by atoms with E-state index >= 15 is 0 Å². The Morgan fingerprint density at radius 1 is 1.29 bits per heavy atom. The van der Waals surface area contributed by atoms with Crippen LogP contribution in [0.3, 0.4) is 0 Å². The van der Waals surface area contributed by atoms with Gasteiger partial charge in [0.25, 0.3) is 0 Å². The standard InChI is InChI=1S/C15H21NO4S/c16-10-14(6-3-8-20-11-14)15(17)7-9-21(18,19)13-5-2-1-4-12(13)15/h1-2,4-5,17H,3,6-11,16H2. The Bertz CT molecular complexity index is 637. The Kier molecular flexibility index (Phi) is 3.60. The topological polar surface area (TPSA) is 89.6 Å². The van der Waals surface area contributed by atoms with Crippen molar-refractivity contribution in [3.63, 3.8) is 0 Å². The highest BCUT2D eigenvalue weighted by molar-refractivity contribution is 7.91. The van der Waals surface area contributed by atoms with Gasteiger partial charge < -0.3 is 15.6 Å². The van der Waals surface area contributed by atoms with Crippen LogP contribution in [0.5, 0.6) is 0 Å². The van der Waals surface area contributed by atoms with E-state index in [1.807, 2.05) is 0 Å².